The molecule has 0 bridgehead atoms. The number of carbonyl (C=O) groups excluding carboxylic acids is 2. The molecule has 168 valence electrons. The maximum absolute atomic E-state index is 13.4. The fourth-order valence-corrected chi connectivity index (χ4v) is 4.05. The Balaban J connectivity index is 1.71. The van der Waals surface area contributed by atoms with Gasteiger partial charge in [-0.15, -0.1) is 11.3 Å². The van der Waals surface area contributed by atoms with Crippen LogP contribution in [0.15, 0.2) is 78.2 Å². The molecular weight excluding hydrogens is 420 g/mol. The van der Waals surface area contributed by atoms with E-state index in [0.29, 0.717) is 18.8 Å². The van der Waals surface area contributed by atoms with Crippen LogP contribution >= 0.6 is 11.3 Å². The zero-order chi connectivity index (χ0) is 22.8. The summed E-state index contributed by atoms with van der Waals surface area (Å²) in [6.45, 7) is 4.94. The number of rotatable bonds is 11. The number of ether oxygens (including phenoxy) is 1. The number of benzene rings is 2. The molecule has 2 amide bonds. The van der Waals surface area contributed by atoms with E-state index in [0.717, 1.165) is 16.9 Å². The molecule has 1 heterocycles. The molecule has 0 N–H and O–H groups in total. The molecule has 3 aromatic rings. The van der Waals surface area contributed by atoms with E-state index in [4.69, 9.17) is 4.74 Å². The second kappa shape index (κ2) is 12.1. The van der Waals surface area contributed by atoms with Gasteiger partial charge in [0.25, 0.3) is 5.91 Å². The van der Waals surface area contributed by atoms with Crippen LogP contribution in [0.2, 0.25) is 0 Å². The average molecular weight is 451 g/mol. The van der Waals surface area contributed by atoms with Gasteiger partial charge < -0.3 is 14.5 Å². The molecule has 0 saturated heterocycles. The van der Waals surface area contributed by atoms with E-state index in [1.54, 1.807) is 16.2 Å². The molecule has 0 spiro atoms. The van der Waals surface area contributed by atoms with Crippen LogP contribution in [0.5, 0.6) is 5.75 Å². The number of para-hydroxylation sites is 1. The summed E-state index contributed by atoms with van der Waals surface area (Å²) in [6.07, 6.45) is 0.758. The first kappa shape index (κ1) is 23.5. The Kier molecular flexibility index (Phi) is 8.87. The number of hydrogen-bond donors (Lipinski definition) is 0. The van der Waals surface area contributed by atoms with Crippen LogP contribution in [0, 0.1) is 0 Å². The van der Waals surface area contributed by atoms with Gasteiger partial charge in [-0.1, -0.05) is 61.5 Å². The third-order valence-corrected chi connectivity index (χ3v) is 6.21. The lowest BCUT2D eigenvalue weighted by molar-refractivity contribution is -0.144. The van der Waals surface area contributed by atoms with Gasteiger partial charge in [-0.05, 0) is 42.5 Å². The Morgan fingerprint density at radius 1 is 0.906 bits per heavy atom. The molecule has 3 rings (SSSR count). The third-order valence-electron chi connectivity index (χ3n) is 5.35. The molecule has 1 atom stereocenters. The van der Waals surface area contributed by atoms with Crippen molar-refractivity contribution < 1.29 is 14.3 Å². The molecule has 0 aliphatic heterocycles. The van der Waals surface area contributed by atoms with E-state index in [-0.39, 0.29) is 31.0 Å². The summed E-state index contributed by atoms with van der Waals surface area (Å²) in [4.78, 5) is 30.9. The molecule has 0 saturated carbocycles. The maximum Gasteiger partial charge on any atom is 0.261 e. The molecule has 2 aromatic carbocycles. The first-order chi connectivity index (χ1) is 15.6. The second-order valence-corrected chi connectivity index (χ2v) is 8.73. The molecule has 6 heteroatoms. The van der Waals surface area contributed by atoms with Crippen LogP contribution in [0.4, 0.5) is 0 Å². The molecular formula is C26H30N2O3S. The molecule has 0 aliphatic rings. The van der Waals surface area contributed by atoms with Gasteiger partial charge in [-0.2, -0.15) is 0 Å². The average Bonchev–Trinajstić information content (AvgIpc) is 3.34. The minimum absolute atomic E-state index is 0.0319. The lowest BCUT2D eigenvalue weighted by Crippen LogP contribution is -2.47. The van der Waals surface area contributed by atoms with E-state index < -0.39 is 0 Å². The summed E-state index contributed by atoms with van der Waals surface area (Å²) in [7, 11) is 0. The quantitative estimate of drug-likeness (QED) is 0.414. The summed E-state index contributed by atoms with van der Waals surface area (Å²) in [5, 5.41) is 2.01. The number of amides is 2. The van der Waals surface area contributed by atoms with Crippen LogP contribution in [-0.4, -0.2) is 40.8 Å². The molecule has 0 radical (unpaired) electrons. The highest BCUT2D eigenvalue weighted by atomic mass is 32.1. The Morgan fingerprint density at radius 2 is 1.59 bits per heavy atom. The Morgan fingerprint density at radius 3 is 2.22 bits per heavy atom. The smallest absolute Gasteiger partial charge is 0.261 e. The number of hydrogen-bond acceptors (Lipinski definition) is 4. The SMILES string of the molecule is CCC(C)N(CC(=O)N(Cc1ccccc1)Cc1cccs1)C(=O)COc1ccccc1. The standard InChI is InChI=1S/C26H30N2O3S/c1-3-21(2)28(26(30)20-31-23-13-8-5-9-14-23)19-25(29)27(18-24-15-10-16-32-24)17-22-11-6-4-7-12-22/h4-16,21H,3,17-20H2,1-2H3. The molecule has 1 aromatic heterocycles. The predicted molar refractivity (Wildman–Crippen MR) is 128 cm³/mol. The van der Waals surface area contributed by atoms with Crippen LogP contribution in [0.25, 0.3) is 0 Å². The molecule has 1 unspecified atom stereocenters. The lowest BCUT2D eigenvalue weighted by Gasteiger charge is -2.31. The van der Waals surface area contributed by atoms with Crippen molar-refractivity contribution in [2.45, 2.75) is 39.4 Å². The number of thiophene rings is 1. The van der Waals surface area contributed by atoms with Gasteiger partial charge in [0.15, 0.2) is 6.61 Å². The van der Waals surface area contributed by atoms with Crippen molar-refractivity contribution in [1.82, 2.24) is 9.80 Å². The van der Waals surface area contributed by atoms with Gasteiger partial charge in [-0.25, -0.2) is 0 Å². The number of carbonyl (C=O) groups is 2. The summed E-state index contributed by atoms with van der Waals surface area (Å²) in [5.41, 5.74) is 1.06. The van der Waals surface area contributed by atoms with Gasteiger partial charge in [-0.3, -0.25) is 9.59 Å². The largest absolute Gasteiger partial charge is 0.484 e. The van der Waals surface area contributed by atoms with Crippen molar-refractivity contribution >= 4 is 23.2 Å². The van der Waals surface area contributed by atoms with E-state index >= 15 is 0 Å². The second-order valence-electron chi connectivity index (χ2n) is 7.70. The van der Waals surface area contributed by atoms with Crippen LogP contribution in [0.3, 0.4) is 0 Å². The van der Waals surface area contributed by atoms with Gasteiger partial charge in [0, 0.05) is 17.5 Å². The number of nitrogens with zero attached hydrogens (tertiary/aromatic N) is 2. The van der Waals surface area contributed by atoms with E-state index in [1.165, 1.54) is 0 Å². The fourth-order valence-electron chi connectivity index (χ4n) is 3.33. The molecule has 0 aliphatic carbocycles. The first-order valence-corrected chi connectivity index (χ1v) is 11.8. The Bertz CT molecular complexity index is 961. The molecule has 5 nitrogen and oxygen atoms in total. The van der Waals surface area contributed by atoms with Crippen molar-refractivity contribution in [3.05, 3.63) is 88.6 Å². The van der Waals surface area contributed by atoms with Crippen molar-refractivity contribution in [3.8, 4) is 5.75 Å². The zero-order valence-electron chi connectivity index (χ0n) is 18.6. The minimum Gasteiger partial charge on any atom is -0.484 e. The highest BCUT2D eigenvalue weighted by Crippen LogP contribution is 2.16. The molecule has 32 heavy (non-hydrogen) atoms. The van der Waals surface area contributed by atoms with Crippen LogP contribution in [0.1, 0.15) is 30.7 Å². The zero-order valence-corrected chi connectivity index (χ0v) is 19.5. The Hall–Kier alpha value is -3.12. The predicted octanol–water partition coefficient (Wildman–Crippen LogP) is 4.98. The maximum atomic E-state index is 13.4. The van der Waals surface area contributed by atoms with E-state index in [2.05, 4.69) is 0 Å². The normalized spacial score (nSPS) is 11.6. The monoisotopic (exact) mass is 450 g/mol. The van der Waals surface area contributed by atoms with Gasteiger partial charge in [0.05, 0.1) is 6.54 Å². The summed E-state index contributed by atoms with van der Waals surface area (Å²) in [6, 6.07) is 23.1. The van der Waals surface area contributed by atoms with Crippen molar-refractivity contribution in [2.75, 3.05) is 13.2 Å². The summed E-state index contributed by atoms with van der Waals surface area (Å²) >= 11 is 1.63. The van der Waals surface area contributed by atoms with Gasteiger partial charge in [0.1, 0.15) is 12.3 Å². The fraction of sp³-hybridized carbons (Fsp3) is 0.308. The van der Waals surface area contributed by atoms with E-state index in [1.807, 2.05) is 96.9 Å². The molecule has 0 fully saturated rings. The lowest BCUT2D eigenvalue weighted by atomic mass is 10.2. The minimum atomic E-state index is -0.188. The highest BCUT2D eigenvalue weighted by Gasteiger charge is 2.25. The van der Waals surface area contributed by atoms with Crippen LogP contribution in [-0.2, 0) is 22.7 Å². The van der Waals surface area contributed by atoms with Crippen molar-refractivity contribution in [3.63, 3.8) is 0 Å². The van der Waals surface area contributed by atoms with E-state index in [9.17, 15) is 9.59 Å². The van der Waals surface area contributed by atoms with Crippen molar-refractivity contribution in [1.29, 1.82) is 0 Å². The van der Waals surface area contributed by atoms with Gasteiger partial charge in [0.2, 0.25) is 5.91 Å². The highest BCUT2D eigenvalue weighted by molar-refractivity contribution is 7.09. The summed E-state index contributed by atoms with van der Waals surface area (Å²) < 4.78 is 5.65. The first-order valence-electron chi connectivity index (χ1n) is 10.9. The van der Waals surface area contributed by atoms with Crippen LogP contribution < -0.4 is 4.74 Å². The topological polar surface area (TPSA) is 49.9 Å². The Labute approximate surface area is 194 Å². The van der Waals surface area contributed by atoms with Gasteiger partial charge >= 0.3 is 0 Å². The summed E-state index contributed by atoms with van der Waals surface area (Å²) in [5.74, 6) is 0.377. The van der Waals surface area contributed by atoms with Crippen molar-refractivity contribution in [2.24, 2.45) is 0 Å². The third kappa shape index (κ3) is 6.95.